The van der Waals surface area contributed by atoms with Crippen molar-refractivity contribution in [3.63, 3.8) is 0 Å². The third-order valence-corrected chi connectivity index (χ3v) is 2.25. The molecule has 1 aromatic carbocycles. The molecule has 5 nitrogen and oxygen atoms in total. The Morgan fingerprint density at radius 1 is 1.26 bits per heavy atom. The van der Waals surface area contributed by atoms with Gasteiger partial charge in [0.25, 0.3) is 0 Å². The Labute approximate surface area is 113 Å². The van der Waals surface area contributed by atoms with Crippen molar-refractivity contribution in [2.45, 2.75) is 26.4 Å². The van der Waals surface area contributed by atoms with Gasteiger partial charge in [-0.05, 0) is 37.6 Å². The van der Waals surface area contributed by atoms with E-state index in [0.717, 1.165) is 12.2 Å². The number of hydrogen-bond acceptors (Lipinski definition) is 5. The fourth-order valence-corrected chi connectivity index (χ4v) is 1.34. The summed E-state index contributed by atoms with van der Waals surface area (Å²) in [6.45, 7) is 4.79. The van der Waals surface area contributed by atoms with Crippen molar-refractivity contribution in [1.29, 1.82) is 0 Å². The van der Waals surface area contributed by atoms with Crippen LogP contribution in [0.4, 0.5) is 0 Å². The number of rotatable bonds is 8. The van der Waals surface area contributed by atoms with E-state index in [1.54, 1.807) is 38.3 Å². The average Bonchev–Trinajstić information content (AvgIpc) is 2.43. The fraction of sp³-hybridized carbons (Fsp3) is 0.500. The van der Waals surface area contributed by atoms with E-state index in [1.807, 2.05) is 6.92 Å². The summed E-state index contributed by atoms with van der Waals surface area (Å²) in [5.41, 5.74) is 0.411. The van der Waals surface area contributed by atoms with E-state index in [9.17, 15) is 4.79 Å². The van der Waals surface area contributed by atoms with Gasteiger partial charge in [0.2, 0.25) is 0 Å². The summed E-state index contributed by atoms with van der Waals surface area (Å²) >= 11 is 0. The van der Waals surface area contributed by atoms with Gasteiger partial charge in [0.05, 0.1) is 18.8 Å². The molecule has 0 aliphatic carbocycles. The van der Waals surface area contributed by atoms with Crippen molar-refractivity contribution in [2.75, 3.05) is 20.3 Å². The second-order valence-corrected chi connectivity index (χ2v) is 4.11. The second-order valence-electron chi connectivity index (χ2n) is 4.11. The molecule has 0 aromatic heterocycles. The molecule has 0 aliphatic rings. The average molecular weight is 268 g/mol. The maximum atomic E-state index is 11.6. The largest absolute Gasteiger partial charge is 0.494 e. The first-order valence-corrected chi connectivity index (χ1v) is 6.26. The lowest BCUT2D eigenvalue weighted by Crippen LogP contribution is -2.18. The summed E-state index contributed by atoms with van der Waals surface area (Å²) in [4.78, 5) is 21.2. The molecule has 1 rings (SSSR count). The maximum Gasteiger partial charge on any atom is 0.373 e. The van der Waals surface area contributed by atoms with Crippen LogP contribution in [-0.4, -0.2) is 32.4 Å². The van der Waals surface area contributed by atoms with Gasteiger partial charge in [-0.25, -0.2) is 4.79 Å². The summed E-state index contributed by atoms with van der Waals surface area (Å²) in [6.07, 6.45) is 0.635. The summed E-state index contributed by atoms with van der Waals surface area (Å²) in [5.74, 6) is 0.192. The number of benzene rings is 1. The molecule has 1 aromatic rings. The normalized spacial score (nSPS) is 11.9. The number of carbonyl (C=O) groups excluding carboxylic acids is 1. The van der Waals surface area contributed by atoms with Crippen LogP contribution in [-0.2, 0) is 14.5 Å². The summed E-state index contributed by atoms with van der Waals surface area (Å²) in [7, 11) is 1.55. The molecule has 0 saturated carbocycles. The number of ether oxygens (including phenoxy) is 2. The van der Waals surface area contributed by atoms with E-state index in [2.05, 4.69) is 0 Å². The molecular formula is C14H20O5. The van der Waals surface area contributed by atoms with Crippen molar-refractivity contribution in [1.82, 2.24) is 0 Å². The van der Waals surface area contributed by atoms with Crippen LogP contribution in [0.5, 0.6) is 5.75 Å². The van der Waals surface area contributed by atoms with Crippen molar-refractivity contribution >= 4 is 5.97 Å². The highest BCUT2D eigenvalue weighted by atomic mass is 17.2. The van der Waals surface area contributed by atoms with Crippen LogP contribution in [0.2, 0.25) is 0 Å². The highest BCUT2D eigenvalue weighted by molar-refractivity contribution is 5.89. The highest BCUT2D eigenvalue weighted by Gasteiger charge is 2.11. The van der Waals surface area contributed by atoms with Gasteiger partial charge in [-0.2, -0.15) is 4.89 Å². The van der Waals surface area contributed by atoms with Crippen LogP contribution in [0.3, 0.4) is 0 Å². The van der Waals surface area contributed by atoms with Gasteiger partial charge in [0.15, 0.2) is 0 Å². The standard InChI is InChI=1S/C14H20O5/c1-4-9-17-13-7-5-12(6-8-13)14(15)19-18-11(2)10-16-3/h5-8,11H,4,9-10H2,1-3H3. The molecule has 19 heavy (non-hydrogen) atoms. The second kappa shape index (κ2) is 8.50. The molecule has 0 radical (unpaired) electrons. The predicted octanol–water partition coefficient (Wildman–Crippen LogP) is 2.60. The summed E-state index contributed by atoms with van der Waals surface area (Å²) < 4.78 is 10.3. The number of hydrogen-bond donors (Lipinski definition) is 0. The monoisotopic (exact) mass is 268 g/mol. The van der Waals surface area contributed by atoms with Gasteiger partial charge < -0.3 is 9.47 Å². The van der Waals surface area contributed by atoms with Gasteiger partial charge in [-0.15, -0.1) is 0 Å². The molecule has 5 heteroatoms. The first-order valence-electron chi connectivity index (χ1n) is 6.26. The van der Waals surface area contributed by atoms with Gasteiger partial charge in [0.1, 0.15) is 11.9 Å². The van der Waals surface area contributed by atoms with Crippen LogP contribution in [0.15, 0.2) is 24.3 Å². The Bertz CT molecular complexity index is 374. The third kappa shape index (κ3) is 5.72. The van der Waals surface area contributed by atoms with Crippen LogP contribution in [0, 0.1) is 0 Å². The lowest BCUT2D eigenvalue weighted by atomic mass is 10.2. The van der Waals surface area contributed by atoms with Gasteiger partial charge in [0, 0.05) is 7.11 Å². The fourth-order valence-electron chi connectivity index (χ4n) is 1.34. The summed E-state index contributed by atoms with van der Waals surface area (Å²) in [5, 5.41) is 0. The zero-order valence-electron chi connectivity index (χ0n) is 11.5. The molecule has 0 fully saturated rings. The van der Waals surface area contributed by atoms with Crippen LogP contribution in [0.25, 0.3) is 0 Å². The van der Waals surface area contributed by atoms with Crippen molar-refractivity contribution < 1.29 is 24.0 Å². The predicted molar refractivity (Wildman–Crippen MR) is 70.1 cm³/mol. The quantitative estimate of drug-likeness (QED) is 0.536. The number of carbonyl (C=O) groups is 1. The molecule has 0 heterocycles. The van der Waals surface area contributed by atoms with Crippen molar-refractivity contribution in [3.8, 4) is 5.75 Å². The van der Waals surface area contributed by atoms with E-state index in [-0.39, 0.29) is 6.10 Å². The maximum absolute atomic E-state index is 11.6. The first-order chi connectivity index (χ1) is 9.17. The smallest absolute Gasteiger partial charge is 0.373 e. The number of methoxy groups -OCH3 is 1. The molecule has 0 saturated heterocycles. The Kier molecular flexibility index (Phi) is 6.92. The van der Waals surface area contributed by atoms with Crippen LogP contribution >= 0.6 is 0 Å². The molecule has 0 bridgehead atoms. The van der Waals surface area contributed by atoms with E-state index < -0.39 is 5.97 Å². The highest BCUT2D eigenvalue weighted by Crippen LogP contribution is 2.13. The Morgan fingerprint density at radius 2 is 1.95 bits per heavy atom. The van der Waals surface area contributed by atoms with Crippen LogP contribution < -0.4 is 4.74 Å². The van der Waals surface area contributed by atoms with E-state index in [0.29, 0.717) is 18.8 Å². The molecule has 0 N–H and O–H groups in total. The zero-order valence-corrected chi connectivity index (χ0v) is 11.5. The Balaban J connectivity index is 2.44. The van der Waals surface area contributed by atoms with E-state index in [1.165, 1.54) is 0 Å². The zero-order chi connectivity index (χ0) is 14.1. The van der Waals surface area contributed by atoms with E-state index >= 15 is 0 Å². The van der Waals surface area contributed by atoms with Gasteiger partial charge in [-0.1, -0.05) is 6.92 Å². The van der Waals surface area contributed by atoms with E-state index in [4.69, 9.17) is 19.2 Å². The van der Waals surface area contributed by atoms with Crippen molar-refractivity contribution in [2.24, 2.45) is 0 Å². The Morgan fingerprint density at radius 3 is 2.53 bits per heavy atom. The molecule has 0 spiro atoms. The lowest BCUT2D eigenvalue weighted by molar-refractivity contribution is -0.276. The minimum atomic E-state index is -0.537. The Hall–Kier alpha value is -1.59. The molecular weight excluding hydrogens is 248 g/mol. The topological polar surface area (TPSA) is 54.0 Å². The SMILES string of the molecule is CCCOc1ccc(C(=O)OOC(C)COC)cc1. The van der Waals surface area contributed by atoms with Gasteiger partial charge >= 0.3 is 5.97 Å². The van der Waals surface area contributed by atoms with Gasteiger partial charge in [-0.3, -0.25) is 4.89 Å². The minimum absolute atomic E-state index is 0.305. The molecule has 106 valence electrons. The first kappa shape index (κ1) is 15.5. The molecule has 0 amide bonds. The minimum Gasteiger partial charge on any atom is -0.494 e. The molecule has 1 atom stereocenters. The third-order valence-electron chi connectivity index (χ3n) is 2.25. The molecule has 0 aliphatic heterocycles. The summed E-state index contributed by atoms with van der Waals surface area (Å²) in [6, 6.07) is 6.73. The van der Waals surface area contributed by atoms with Crippen molar-refractivity contribution in [3.05, 3.63) is 29.8 Å². The van der Waals surface area contributed by atoms with Crippen LogP contribution in [0.1, 0.15) is 30.6 Å². The lowest BCUT2D eigenvalue weighted by Gasteiger charge is -2.10. The molecule has 1 unspecified atom stereocenters.